The van der Waals surface area contributed by atoms with E-state index in [0.29, 0.717) is 41.0 Å². The zero-order chi connectivity index (χ0) is 25.2. The van der Waals surface area contributed by atoms with E-state index >= 15 is 0 Å². The normalized spacial score (nSPS) is 30.1. The van der Waals surface area contributed by atoms with Gasteiger partial charge in [0.1, 0.15) is 12.1 Å². The SMILES string of the molecule is CCC1=C2CC[C@H]3C(=O)N(c4ccccc4)C(=O)[C@H]3[C@H]2[C@@]2(C)C(=O)N(CC(=O)OC)C(=O)N2C1=O. The van der Waals surface area contributed by atoms with Gasteiger partial charge in [0, 0.05) is 11.5 Å². The van der Waals surface area contributed by atoms with Crippen molar-refractivity contribution >= 4 is 41.3 Å². The molecule has 1 aliphatic carbocycles. The number of nitrogens with zero attached hydrogens (tertiary/aromatic N) is 3. The van der Waals surface area contributed by atoms with Crippen molar-refractivity contribution < 1.29 is 33.5 Å². The number of anilines is 1. The Hall–Kier alpha value is -3.82. The minimum Gasteiger partial charge on any atom is -0.468 e. The number of benzene rings is 1. The van der Waals surface area contributed by atoms with Crippen molar-refractivity contribution in [2.24, 2.45) is 17.8 Å². The molecule has 3 fully saturated rings. The van der Waals surface area contributed by atoms with Crippen LogP contribution in [0.15, 0.2) is 41.5 Å². The maximum atomic E-state index is 13.8. The predicted molar refractivity (Wildman–Crippen MR) is 120 cm³/mol. The van der Waals surface area contributed by atoms with Crippen molar-refractivity contribution in [1.29, 1.82) is 0 Å². The molecular formula is C25H25N3O7. The Morgan fingerprint density at radius 3 is 2.40 bits per heavy atom. The number of imide groups is 3. The number of esters is 1. The van der Waals surface area contributed by atoms with E-state index in [9.17, 15) is 28.8 Å². The lowest BCUT2D eigenvalue weighted by Crippen LogP contribution is -2.63. The third-order valence-electron chi connectivity index (χ3n) is 7.84. The van der Waals surface area contributed by atoms with E-state index in [2.05, 4.69) is 4.74 Å². The molecule has 1 saturated carbocycles. The first-order chi connectivity index (χ1) is 16.7. The highest BCUT2D eigenvalue weighted by Crippen LogP contribution is 2.56. The summed E-state index contributed by atoms with van der Waals surface area (Å²) < 4.78 is 4.63. The summed E-state index contributed by atoms with van der Waals surface area (Å²) in [5.41, 5.74) is -0.268. The summed E-state index contributed by atoms with van der Waals surface area (Å²) in [6.07, 6.45) is 1.03. The number of carbonyl (C=O) groups is 6. The van der Waals surface area contributed by atoms with Crippen LogP contribution in [0.2, 0.25) is 0 Å². The number of fused-ring (bicyclic) bond motifs is 5. The van der Waals surface area contributed by atoms with Crippen molar-refractivity contribution in [3.63, 3.8) is 0 Å². The van der Waals surface area contributed by atoms with Crippen LogP contribution in [0, 0.1) is 17.8 Å². The molecule has 182 valence electrons. The lowest BCUT2D eigenvalue weighted by atomic mass is 9.59. The molecule has 0 aromatic heterocycles. The number of methoxy groups -OCH3 is 1. The van der Waals surface area contributed by atoms with Crippen LogP contribution in [-0.4, -0.2) is 64.6 Å². The van der Waals surface area contributed by atoms with Crippen LogP contribution in [0.25, 0.3) is 0 Å². The standard InChI is InChI=1S/C25H25N3O7/c1-4-14-15-10-11-16-18(22(32)27(20(16)30)13-8-6-5-7-9-13)19(15)25(2)23(33)26(12-17(29)35-3)24(34)28(25)21(14)31/h5-9,16,18-19H,4,10-12H2,1-3H3/t16-,18-,19+,25+/m1/s1. The van der Waals surface area contributed by atoms with E-state index in [4.69, 9.17) is 0 Å². The van der Waals surface area contributed by atoms with E-state index < -0.39 is 59.6 Å². The molecule has 4 atom stereocenters. The fourth-order valence-electron chi connectivity index (χ4n) is 6.30. The Kier molecular flexibility index (Phi) is 5.15. The first-order valence-electron chi connectivity index (χ1n) is 11.6. The van der Waals surface area contributed by atoms with Crippen molar-refractivity contribution in [2.45, 2.75) is 38.6 Å². The second-order valence-corrected chi connectivity index (χ2v) is 9.39. The van der Waals surface area contributed by atoms with Gasteiger partial charge in [-0.15, -0.1) is 0 Å². The molecule has 10 nitrogen and oxygen atoms in total. The van der Waals surface area contributed by atoms with Gasteiger partial charge in [-0.2, -0.15) is 0 Å². The minimum absolute atomic E-state index is 0.303. The van der Waals surface area contributed by atoms with Gasteiger partial charge in [0.25, 0.3) is 11.8 Å². The Morgan fingerprint density at radius 1 is 1.09 bits per heavy atom. The van der Waals surface area contributed by atoms with Gasteiger partial charge in [0.05, 0.1) is 24.6 Å². The molecule has 10 heteroatoms. The van der Waals surface area contributed by atoms with Crippen molar-refractivity contribution in [2.75, 3.05) is 18.6 Å². The van der Waals surface area contributed by atoms with Crippen LogP contribution in [0.5, 0.6) is 0 Å². The smallest absolute Gasteiger partial charge is 0.335 e. The average molecular weight is 479 g/mol. The lowest BCUT2D eigenvalue weighted by molar-refractivity contribution is -0.149. The maximum absolute atomic E-state index is 13.8. The molecule has 3 aliphatic heterocycles. The van der Waals surface area contributed by atoms with E-state index in [1.807, 2.05) is 0 Å². The maximum Gasteiger partial charge on any atom is 0.335 e. The zero-order valence-corrected chi connectivity index (χ0v) is 19.6. The lowest BCUT2D eigenvalue weighted by Gasteiger charge is -2.48. The highest BCUT2D eigenvalue weighted by molar-refractivity contribution is 6.24. The van der Waals surface area contributed by atoms with Crippen molar-refractivity contribution in [3.8, 4) is 0 Å². The molecule has 0 radical (unpaired) electrons. The van der Waals surface area contributed by atoms with Crippen molar-refractivity contribution in [3.05, 3.63) is 41.5 Å². The van der Waals surface area contributed by atoms with Gasteiger partial charge in [-0.05, 0) is 38.3 Å². The van der Waals surface area contributed by atoms with Crippen LogP contribution >= 0.6 is 0 Å². The molecule has 0 unspecified atom stereocenters. The van der Waals surface area contributed by atoms with Crippen LogP contribution in [0.3, 0.4) is 0 Å². The number of urea groups is 1. The average Bonchev–Trinajstić information content (AvgIpc) is 3.22. The second kappa shape index (κ2) is 7.86. The Labute approximate surface area is 201 Å². The minimum atomic E-state index is -1.73. The third-order valence-corrected chi connectivity index (χ3v) is 7.84. The van der Waals surface area contributed by atoms with Gasteiger partial charge < -0.3 is 4.74 Å². The Morgan fingerprint density at radius 2 is 1.77 bits per heavy atom. The number of para-hydroxylation sites is 1. The molecule has 0 bridgehead atoms. The number of amides is 6. The number of rotatable bonds is 4. The molecule has 35 heavy (non-hydrogen) atoms. The first-order valence-corrected chi connectivity index (χ1v) is 11.6. The number of hydrogen-bond donors (Lipinski definition) is 0. The van der Waals surface area contributed by atoms with E-state index in [-0.39, 0.29) is 5.91 Å². The van der Waals surface area contributed by atoms with Crippen LogP contribution in [-0.2, 0) is 28.7 Å². The van der Waals surface area contributed by atoms with E-state index in [0.717, 1.165) is 16.9 Å². The van der Waals surface area contributed by atoms with Gasteiger partial charge >= 0.3 is 12.0 Å². The summed E-state index contributed by atoms with van der Waals surface area (Å²) in [7, 11) is 1.13. The van der Waals surface area contributed by atoms with Crippen LogP contribution in [0.1, 0.15) is 33.1 Å². The quantitative estimate of drug-likeness (QED) is 0.366. The van der Waals surface area contributed by atoms with Crippen LogP contribution < -0.4 is 4.90 Å². The van der Waals surface area contributed by atoms with E-state index in [1.165, 1.54) is 6.92 Å². The summed E-state index contributed by atoms with van der Waals surface area (Å²) in [6, 6.07) is 7.65. The molecule has 0 N–H and O–H groups in total. The molecule has 0 spiro atoms. The predicted octanol–water partition coefficient (Wildman–Crippen LogP) is 1.64. The molecule has 6 amide bonds. The summed E-state index contributed by atoms with van der Waals surface area (Å²) in [5, 5.41) is 0. The molecule has 4 aliphatic rings. The van der Waals surface area contributed by atoms with Gasteiger partial charge in [-0.1, -0.05) is 30.7 Å². The fraction of sp³-hybridized carbons (Fsp3) is 0.440. The first kappa shape index (κ1) is 22.9. The monoisotopic (exact) mass is 479 g/mol. The molecule has 2 saturated heterocycles. The van der Waals surface area contributed by atoms with E-state index in [1.54, 1.807) is 37.3 Å². The molecule has 1 aromatic rings. The highest BCUT2D eigenvalue weighted by atomic mass is 16.5. The zero-order valence-electron chi connectivity index (χ0n) is 19.6. The van der Waals surface area contributed by atoms with Gasteiger partial charge in [-0.3, -0.25) is 33.8 Å². The molecule has 3 heterocycles. The summed E-state index contributed by atoms with van der Waals surface area (Å²) in [4.78, 5) is 82.4. The van der Waals surface area contributed by atoms with Gasteiger partial charge in [-0.25, -0.2) is 9.69 Å². The Balaban J connectivity index is 1.66. The number of ether oxygens (including phenoxy) is 1. The number of hydrogen-bond acceptors (Lipinski definition) is 7. The molecular weight excluding hydrogens is 454 g/mol. The molecule has 5 rings (SSSR count). The summed E-state index contributed by atoms with van der Waals surface area (Å²) >= 11 is 0. The second-order valence-electron chi connectivity index (χ2n) is 9.39. The topological polar surface area (TPSA) is 121 Å². The summed E-state index contributed by atoms with van der Waals surface area (Å²) in [5.74, 6) is -5.42. The number of carbonyl (C=O) groups excluding carboxylic acids is 6. The van der Waals surface area contributed by atoms with Gasteiger partial charge in [0.2, 0.25) is 11.8 Å². The highest BCUT2D eigenvalue weighted by Gasteiger charge is 2.70. The fourth-order valence-corrected chi connectivity index (χ4v) is 6.30. The largest absolute Gasteiger partial charge is 0.468 e. The van der Waals surface area contributed by atoms with Crippen molar-refractivity contribution in [1.82, 2.24) is 9.80 Å². The third kappa shape index (κ3) is 2.88. The summed E-state index contributed by atoms with van der Waals surface area (Å²) in [6.45, 7) is 2.59. The van der Waals surface area contributed by atoms with Gasteiger partial charge in [0.15, 0.2) is 0 Å². The Bertz CT molecular complexity index is 1220. The van der Waals surface area contributed by atoms with Crippen LogP contribution in [0.4, 0.5) is 10.5 Å². The molecule has 1 aromatic carbocycles.